The predicted molar refractivity (Wildman–Crippen MR) is 72.5 cm³/mol. The molecule has 0 saturated carbocycles. The monoisotopic (exact) mass is 274 g/mol. The Kier molecular flexibility index (Phi) is 4.79. The molecule has 104 valence electrons. The summed E-state index contributed by atoms with van der Waals surface area (Å²) in [6, 6.07) is 10.2. The number of carbonyl (C=O) groups excluding carboxylic acids is 1. The Morgan fingerprint density at radius 1 is 1.30 bits per heavy atom. The molecule has 1 heterocycles. The molecule has 0 saturated heterocycles. The molecule has 0 radical (unpaired) electrons. The molecule has 2 rings (SSSR count). The van der Waals surface area contributed by atoms with Crippen LogP contribution in [0.5, 0.6) is 0 Å². The van der Waals surface area contributed by atoms with Gasteiger partial charge >= 0.3 is 0 Å². The second-order valence-corrected chi connectivity index (χ2v) is 4.25. The first-order chi connectivity index (χ1) is 9.70. The normalized spacial score (nSPS) is 10.3. The summed E-state index contributed by atoms with van der Waals surface area (Å²) in [6.45, 7) is 0.845. The number of methoxy groups -OCH3 is 1. The van der Waals surface area contributed by atoms with Crippen molar-refractivity contribution in [3.8, 4) is 0 Å². The first-order valence-electron chi connectivity index (χ1n) is 6.16. The molecule has 0 spiro atoms. The van der Waals surface area contributed by atoms with Gasteiger partial charge in [-0.25, -0.2) is 4.98 Å². The minimum Gasteiger partial charge on any atom is -0.380 e. The molecule has 0 bridgehead atoms. The molecule has 20 heavy (non-hydrogen) atoms. The number of hydrogen-bond acceptors (Lipinski definition) is 3. The summed E-state index contributed by atoms with van der Waals surface area (Å²) in [5, 5.41) is 2.75. The molecule has 1 aromatic carbocycles. The highest BCUT2D eigenvalue weighted by atomic mass is 19.1. The van der Waals surface area contributed by atoms with Gasteiger partial charge in [0.05, 0.1) is 6.61 Å². The molecule has 0 aliphatic rings. The van der Waals surface area contributed by atoms with Gasteiger partial charge in [-0.05, 0) is 17.2 Å². The minimum absolute atomic E-state index is 0.252. The topological polar surface area (TPSA) is 51.2 Å². The van der Waals surface area contributed by atoms with Gasteiger partial charge in [0.2, 0.25) is 5.95 Å². The zero-order chi connectivity index (χ0) is 14.4. The van der Waals surface area contributed by atoms with Crippen LogP contribution in [0.15, 0.2) is 42.6 Å². The summed E-state index contributed by atoms with van der Waals surface area (Å²) in [6.07, 6.45) is 1.27. The van der Waals surface area contributed by atoms with E-state index in [4.69, 9.17) is 4.74 Å². The number of ether oxygens (including phenoxy) is 1. The standard InChI is InChI=1S/C15H15FN2O2/c1-20-10-13-5-3-2-4-12(13)9-18-15(19)11-6-7-17-14(16)8-11/h2-8H,9-10H2,1H3,(H,18,19). The molecule has 1 amide bonds. The third kappa shape index (κ3) is 3.61. The summed E-state index contributed by atoms with van der Waals surface area (Å²) in [5.74, 6) is -1.00. The van der Waals surface area contributed by atoms with Gasteiger partial charge in [0, 0.05) is 31.5 Å². The largest absolute Gasteiger partial charge is 0.380 e. The van der Waals surface area contributed by atoms with Gasteiger partial charge in [0.1, 0.15) is 0 Å². The van der Waals surface area contributed by atoms with E-state index in [9.17, 15) is 9.18 Å². The maximum Gasteiger partial charge on any atom is 0.251 e. The summed E-state index contributed by atoms with van der Waals surface area (Å²) in [7, 11) is 1.62. The van der Waals surface area contributed by atoms with Crippen molar-refractivity contribution in [2.75, 3.05) is 7.11 Å². The Hall–Kier alpha value is -2.27. The lowest BCUT2D eigenvalue weighted by atomic mass is 10.1. The van der Waals surface area contributed by atoms with E-state index in [0.717, 1.165) is 17.2 Å². The summed E-state index contributed by atoms with van der Waals surface area (Å²) < 4.78 is 18.1. The molecule has 2 aromatic rings. The van der Waals surface area contributed by atoms with Crippen LogP contribution >= 0.6 is 0 Å². The predicted octanol–water partition coefficient (Wildman–Crippen LogP) is 2.30. The Balaban J connectivity index is 2.03. The molecule has 0 unspecified atom stereocenters. The van der Waals surface area contributed by atoms with Crippen molar-refractivity contribution >= 4 is 5.91 Å². The molecule has 0 fully saturated rings. The third-order valence-electron chi connectivity index (χ3n) is 2.85. The number of aromatic nitrogens is 1. The molecular weight excluding hydrogens is 259 g/mol. The molecule has 0 atom stereocenters. The summed E-state index contributed by atoms with van der Waals surface area (Å²) in [5.41, 5.74) is 2.23. The van der Waals surface area contributed by atoms with E-state index >= 15 is 0 Å². The highest BCUT2D eigenvalue weighted by Crippen LogP contribution is 2.10. The number of rotatable bonds is 5. The number of pyridine rings is 1. The number of carbonyl (C=O) groups is 1. The van der Waals surface area contributed by atoms with Crippen LogP contribution in [0.2, 0.25) is 0 Å². The number of hydrogen-bond donors (Lipinski definition) is 1. The summed E-state index contributed by atoms with van der Waals surface area (Å²) in [4.78, 5) is 15.3. The Labute approximate surface area is 116 Å². The average Bonchev–Trinajstić information content (AvgIpc) is 2.46. The van der Waals surface area contributed by atoms with Gasteiger partial charge in [-0.1, -0.05) is 24.3 Å². The minimum atomic E-state index is -0.669. The second-order valence-electron chi connectivity index (χ2n) is 4.25. The second kappa shape index (κ2) is 6.77. The van der Waals surface area contributed by atoms with Gasteiger partial charge in [-0.15, -0.1) is 0 Å². The van der Waals surface area contributed by atoms with Crippen LogP contribution in [-0.4, -0.2) is 18.0 Å². The number of benzene rings is 1. The maximum atomic E-state index is 12.9. The average molecular weight is 274 g/mol. The Morgan fingerprint density at radius 2 is 2.05 bits per heavy atom. The highest BCUT2D eigenvalue weighted by Gasteiger charge is 2.08. The number of nitrogens with one attached hydrogen (secondary N) is 1. The number of amides is 1. The molecule has 1 aromatic heterocycles. The van der Waals surface area contributed by atoms with E-state index in [2.05, 4.69) is 10.3 Å². The third-order valence-corrected chi connectivity index (χ3v) is 2.85. The van der Waals surface area contributed by atoms with Crippen LogP contribution in [0.3, 0.4) is 0 Å². The van der Waals surface area contributed by atoms with E-state index in [1.165, 1.54) is 12.3 Å². The van der Waals surface area contributed by atoms with Gasteiger partial charge in [-0.2, -0.15) is 4.39 Å². The van der Waals surface area contributed by atoms with Gasteiger partial charge in [0.15, 0.2) is 0 Å². The fourth-order valence-electron chi connectivity index (χ4n) is 1.85. The van der Waals surface area contributed by atoms with Crippen LogP contribution in [0.4, 0.5) is 4.39 Å². The van der Waals surface area contributed by atoms with E-state index in [-0.39, 0.29) is 11.5 Å². The summed E-state index contributed by atoms with van der Waals surface area (Å²) >= 11 is 0. The van der Waals surface area contributed by atoms with Gasteiger partial charge in [0.25, 0.3) is 5.91 Å². The zero-order valence-corrected chi connectivity index (χ0v) is 11.1. The molecule has 5 heteroatoms. The lowest BCUT2D eigenvalue weighted by Crippen LogP contribution is -2.23. The molecule has 4 nitrogen and oxygen atoms in total. The van der Waals surface area contributed by atoms with Crippen LogP contribution < -0.4 is 5.32 Å². The smallest absolute Gasteiger partial charge is 0.251 e. The lowest BCUT2D eigenvalue weighted by Gasteiger charge is -2.10. The fourth-order valence-corrected chi connectivity index (χ4v) is 1.85. The van der Waals surface area contributed by atoms with Crippen molar-refractivity contribution in [2.45, 2.75) is 13.2 Å². The van der Waals surface area contributed by atoms with Crippen molar-refractivity contribution in [1.29, 1.82) is 0 Å². The van der Waals surface area contributed by atoms with Crippen LogP contribution in [0.25, 0.3) is 0 Å². The lowest BCUT2D eigenvalue weighted by molar-refractivity contribution is 0.0949. The van der Waals surface area contributed by atoms with Gasteiger partial charge in [-0.3, -0.25) is 4.79 Å². The molecule has 0 aliphatic heterocycles. The molecule has 1 N–H and O–H groups in total. The quantitative estimate of drug-likeness (QED) is 0.851. The van der Waals surface area contributed by atoms with Gasteiger partial charge < -0.3 is 10.1 Å². The SMILES string of the molecule is COCc1ccccc1CNC(=O)c1ccnc(F)c1. The van der Waals surface area contributed by atoms with Crippen molar-refractivity contribution in [3.63, 3.8) is 0 Å². The van der Waals surface area contributed by atoms with E-state index in [1.54, 1.807) is 7.11 Å². The first kappa shape index (κ1) is 14.1. The van der Waals surface area contributed by atoms with Crippen molar-refractivity contribution < 1.29 is 13.9 Å². The van der Waals surface area contributed by atoms with Crippen molar-refractivity contribution in [2.24, 2.45) is 0 Å². The number of nitrogens with zero attached hydrogens (tertiary/aromatic N) is 1. The Bertz CT molecular complexity index is 602. The number of halogens is 1. The van der Waals surface area contributed by atoms with E-state index in [0.29, 0.717) is 13.2 Å². The van der Waals surface area contributed by atoms with Crippen LogP contribution in [0, 0.1) is 5.95 Å². The van der Waals surface area contributed by atoms with Crippen molar-refractivity contribution in [3.05, 3.63) is 65.2 Å². The highest BCUT2D eigenvalue weighted by molar-refractivity contribution is 5.93. The van der Waals surface area contributed by atoms with Crippen molar-refractivity contribution in [1.82, 2.24) is 10.3 Å². The van der Waals surface area contributed by atoms with Crippen LogP contribution in [-0.2, 0) is 17.9 Å². The molecule has 0 aliphatic carbocycles. The Morgan fingerprint density at radius 3 is 2.75 bits per heavy atom. The maximum absolute atomic E-state index is 12.9. The van der Waals surface area contributed by atoms with Crippen LogP contribution in [0.1, 0.15) is 21.5 Å². The first-order valence-corrected chi connectivity index (χ1v) is 6.16. The van der Waals surface area contributed by atoms with E-state index < -0.39 is 5.95 Å². The van der Waals surface area contributed by atoms with E-state index in [1.807, 2.05) is 24.3 Å². The molecular formula is C15H15FN2O2. The fraction of sp³-hybridized carbons (Fsp3) is 0.200. The zero-order valence-electron chi connectivity index (χ0n) is 11.1.